The lowest BCUT2D eigenvalue weighted by molar-refractivity contribution is -0.251. The van der Waals surface area contributed by atoms with Crippen molar-refractivity contribution in [3.63, 3.8) is 0 Å². The number of rotatable bonds is 0. The van der Waals surface area contributed by atoms with Crippen molar-refractivity contribution in [1.82, 2.24) is 0 Å². The summed E-state index contributed by atoms with van der Waals surface area (Å²) >= 11 is 0. The Balaban J connectivity index is 1.65. The van der Waals surface area contributed by atoms with Crippen LogP contribution in [0, 0.1) is 34.5 Å². The number of hydrogen-bond donors (Lipinski definition) is 2. The summed E-state index contributed by atoms with van der Waals surface area (Å²) in [5.41, 5.74) is -0.00380. The minimum Gasteiger partial charge on any atom is -0.365 e. The van der Waals surface area contributed by atoms with E-state index < -0.39 is 5.79 Å². The highest BCUT2D eigenvalue weighted by Crippen LogP contribution is 2.67. The van der Waals surface area contributed by atoms with Gasteiger partial charge in [0, 0.05) is 24.7 Å². The summed E-state index contributed by atoms with van der Waals surface area (Å²) in [7, 11) is 0. The van der Waals surface area contributed by atoms with Gasteiger partial charge in [-0.1, -0.05) is 13.8 Å². The van der Waals surface area contributed by atoms with Gasteiger partial charge < -0.3 is 10.2 Å². The van der Waals surface area contributed by atoms with Crippen LogP contribution in [-0.4, -0.2) is 21.8 Å². The Morgan fingerprint density at radius 2 is 1.68 bits per heavy atom. The maximum atomic E-state index is 11.9. The van der Waals surface area contributed by atoms with Gasteiger partial charge in [0.2, 0.25) is 0 Å². The maximum Gasteiger partial charge on any atom is 0.168 e. The van der Waals surface area contributed by atoms with Crippen LogP contribution in [0.25, 0.3) is 0 Å². The third-order valence-electron chi connectivity index (χ3n) is 8.59. The molecule has 0 aromatic heterocycles. The quantitative estimate of drug-likeness (QED) is 0.675. The second kappa shape index (κ2) is 4.57. The molecule has 0 heterocycles. The first-order chi connectivity index (χ1) is 10.3. The molecule has 0 saturated heterocycles. The summed E-state index contributed by atoms with van der Waals surface area (Å²) in [5, 5.41) is 21.0. The molecule has 2 N–H and O–H groups in total. The smallest absolute Gasteiger partial charge is 0.168 e. The normalized spacial score (nSPS) is 53.5. The van der Waals surface area contributed by atoms with Crippen LogP contribution in [0.2, 0.25) is 0 Å². The summed E-state index contributed by atoms with van der Waals surface area (Å²) in [6.45, 7) is 4.55. The minimum atomic E-state index is -1.47. The van der Waals surface area contributed by atoms with Crippen molar-refractivity contribution >= 4 is 5.78 Å². The fraction of sp³-hybridized carbons (Fsp3) is 0.947. The van der Waals surface area contributed by atoms with E-state index in [0.717, 1.165) is 38.5 Å². The molecule has 4 rings (SSSR count). The van der Waals surface area contributed by atoms with Crippen molar-refractivity contribution in [1.29, 1.82) is 0 Å². The van der Waals surface area contributed by atoms with Crippen molar-refractivity contribution in [2.24, 2.45) is 34.5 Å². The number of Topliss-reactive ketones (excluding diaryl/α,β-unsaturated/α-hetero) is 1. The summed E-state index contributed by atoms with van der Waals surface area (Å²) in [4.78, 5) is 11.9. The van der Waals surface area contributed by atoms with Crippen LogP contribution in [0.1, 0.15) is 71.6 Å². The number of ketones is 1. The SMILES string of the molecule is C[C@]12CCC(=O)CC1CC[C@@H]1[C@@H]2CC[C@@]2(C)[C@H]1CCC2(O)O. The van der Waals surface area contributed by atoms with Gasteiger partial charge >= 0.3 is 0 Å². The molecule has 3 heteroatoms. The van der Waals surface area contributed by atoms with E-state index in [-0.39, 0.29) is 5.41 Å². The van der Waals surface area contributed by atoms with Gasteiger partial charge in [0.25, 0.3) is 0 Å². The second-order valence-corrected chi connectivity index (χ2v) is 9.21. The van der Waals surface area contributed by atoms with Gasteiger partial charge in [-0.05, 0) is 67.6 Å². The molecule has 4 aliphatic carbocycles. The first kappa shape index (κ1) is 15.1. The molecule has 0 aromatic carbocycles. The van der Waals surface area contributed by atoms with Crippen molar-refractivity contribution in [3.8, 4) is 0 Å². The van der Waals surface area contributed by atoms with E-state index in [0.29, 0.717) is 41.3 Å². The third kappa shape index (κ3) is 1.78. The lowest BCUT2D eigenvalue weighted by Crippen LogP contribution is -2.56. The Morgan fingerprint density at radius 3 is 2.45 bits per heavy atom. The van der Waals surface area contributed by atoms with Crippen molar-refractivity contribution in [2.45, 2.75) is 77.4 Å². The summed E-state index contributed by atoms with van der Waals surface area (Å²) in [6, 6.07) is 0. The van der Waals surface area contributed by atoms with E-state index in [2.05, 4.69) is 13.8 Å². The standard InChI is InChI=1S/C19H30O3/c1-17-8-5-13(20)11-12(17)3-4-14-15(17)6-9-18(2)16(14)7-10-19(18,21)22/h12,14-16,21-22H,3-11H2,1-2H3/t12?,14-,15+,16+,17+,18+/m1/s1. The van der Waals surface area contributed by atoms with E-state index in [1.807, 2.05) is 0 Å². The first-order valence-corrected chi connectivity index (χ1v) is 9.24. The largest absolute Gasteiger partial charge is 0.365 e. The molecule has 124 valence electrons. The van der Waals surface area contributed by atoms with Crippen LogP contribution in [0.3, 0.4) is 0 Å². The van der Waals surface area contributed by atoms with Crippen LogP contribution in [0.15, 0.2) is 0 Å². The van der Waals surface area contributed by atoms with E-state index in [4.69, 9.17) is 0 Å². The Hall–Kier alpha value is -0.410. The van der Waals surface area contributed by atoms with Crippen LogP contribution in [0.5, 0.6) is 0 Å². The Labute approximate surface area is 133 Å². The molecule has 0 aromatic rings. The Bertz CT molecular complexity index is 499. The molecule has 0 spiro atoms. The van der Waals surface area contributed by atoms with Gasteiger partial charge in [-0.3, -0.25) is 4.79 Å². The van der Waals surface area contributed by atoms with Crippen LogP contribution >= 0.6 is 0 Å². The molecule has 0 radical (unpaired) electrons. The number of carbonyl (C=O) groups excluding carboxylic acids is 1. The first-order valence-electron chi connectivity index (χ1n) is 9.24. The average molecular weight is 306 g/mol. The fourth-order valence-electron chi connectivity index (χ4n) is 7.04. The topological polar surface area (TPSA) is 57.5 Å². The monoisotopic (exact) mass is 306 g/mol. The van der Waals surface area contributed by atoms with Gasteiger partial charge in [-0.25, -0.2) is 0 Å². The molecule has 0 aliphatic heterocycles. The molecule has 1 unspecified atom stereocenters. The number of fused-ring (bicyclic) bond motifs is 5. The predicted molar refractivity (Wildman–Crippen MR) is 83.9 cm³/mol. The highest BCUT2D eigenvalue weighted by molar-refractivity contribution is 5.79. The lowest BCUT2D eigenvalue weighted by atomic mass is 9.45. The zero-order valence-electron chi connectivity index (χ0n) is 14.0. The van der Waals surface area contributed by atoms with Crippen molar-refractivity contribution in [3.05, 3.63) is 0 Å². The van der Waals surface area contributed by atoms with Crippen molar-refractivity contribution < 1.29 is 15.0 Å². The Morgan fingerprint density at radius 1 is 0.955 bits per heavy atom. The molecule has 0 amide bonds. The fourth-order valence-corrected chi connectivity index (χ4v) is 7.04. The highest BCUT2D eigenvalue weighted by Gasteiger charge is 2.64. The minimum absolute atomic E-state index is 0.314. The highest BCUT2D eigenvalue weighted by atomic mass is 16.5. The van der Waals surface area contributed by atoms with Gasteiger partial charge in [-0.2, -0.15) is 0 Å². The second-order valence-electron chi connectivity index (χ2n) is 9.21. The van der Waals surface area contributed by atoms with Gasteiger partial charge in [0.1, 0.15) is 5.78 Å². The van der Waals surface area contributed by atoms with E-state index in [9.17, 15) is 15.0 Å². The molecule has 4 aliphatic rings. The maximum absolute atomic E-state index is 11.9. The summed E-state index contributed by atoms with van der Waals surface area (Å²) < 4.78 is 0. The zero-order valence-corrected chi connectivity index (χ0v) is 14.0. The molecular weight excluding hydrogens is 276 g/mol. The van der Waals surface area contributed by atoms with E-state index in [1.165, 1.54) is 12.8 Å². The summed E-state index contributed by atoms with van der Waals surface area (Å²) in [5.74, 6) is 1.35. The van der Waals surface area contributed by atoms with Gasteiger partial charge in [0.05, 0.1) is 0 Å². The molecule has 4 saturated carbocycles. The molecule has 0 bridgehead atoms. The molecule has 3 nitrogen and oxygen atoms in total. The molecule has 4 fully saturated rings. The van der Waals surface area contributed by atoms with Gasteiger partial charge in [-0.15, -0.1) is 0 Å². The average Bonchev–Trinajstić information content (AvgIpc) is 2.70. The lowest BCUT2D eigenvalue weighted by Gasteiger charge is -2.60. The predicted octanol–water partition coefficient (Wildman–Crippen LogP) is 3.28. The molecule has 6 atom stereocenters. The summed E-state index contributed by atoms with van der Waals surface area (Å²) in [6.07, 6.45) is 8.52. The van der Waals surface area contributed by atoms with Gasteiger partial charge in [0.15, 0.2) is 5.79 Å². The van der Waals surface area contributed by atoms with Crippen LogP contribution in [0.4, 0.5) is 0 Å². The molecule has 22 heavy (non-hydrogen) atoms. The van der Waals surface area contributed by atoms with Crippen LogP contribution in [-0.2, 0) is 4.79 Å². The third-order valence-corrected chi connectivity index (χ3v) is 8.59. The Kier molecular flexibility index (Phi) is 3.14. The van der Waals surface area contributed by atoms with E-state index in [1.54, 1.807) is 0 Å². The van der Waals surface area contributed by atoms with Crippen molar-refractivity contribution in [2.75, 3.05) is 0 Å². The zero-order chi connectivity index (χ0) is 15.8. The number of carbonyl (C=O) groups is 1. The van der Waals surface area contributed by atoms with E-state index >= 15 is 0 Å². The number of aliphatic hydroxyl groups is 2. The molecular formula is C19H30O3. The van der Waals surface area contributed by atoms with Crippen LogP contribution < -0.4 is 0 Å². The number of hydrogen-bond acceptors (Lipinski definition) is 3.